The standard InChI is InChI=1S/C18H21N7O2S/c1-27-18(26)21-11-13-9-14(24-23-13)15-16(25-7-5-19-6-8-25)22-17(28-15)12-3-2-4-20-10-12/h2-4,9-10,19H,5-8,11H2,1H3,(H,21,26)(H,23,24). The van der Waals surface area contributed by atoms with Gasteiger partial charge in [0.1, 0.15) is 16.5 Å². The number of pyridine rings is 1. The molecule has 3 aromatic heterocycles. The van der Waals surface area contributed by atoms with Gasteiger partial charge in [-0.05, 0) is 18.2 Å². The molecule has 28 heavy (non-hydrogen) atoms. The van der Waals surface area contributed by atoms with Gasteiger partial charge in [0, 0.05) is 44.1 Å². The third kappa shape index (κ3) is 3.97. The summed E-state index contributed by atoms with van der Waals surface area (Å²) in [5, 5.41) is 14.4. The molecule has 3 N–H and O–H groups in total. The monoisotopic (exact) mass is 399 g/mol. The van der Waals surface area contributed by atoms with Gasteiger partial charge in [-0.15, -0.1) is 11.3 Å². The van der Waals surface area contributed by atoms with E-state index in [1.165, 1.54) is 7.11 Å². The molecule has 1 saturated heterocycles. The number of hydrogen-bond acceptors (Lipinski definition) is 8. The second-order valence-corrected chi connectivity index (χ2v) is 7.27. The number of nitrogens with one attached hydrogen (secondary N) is 3. The summed E-state index contributed by atoms with van der Waals surface area (Å²) >= 11 is 1.59. The minimum absolute atomic E-state index is 0.316. The largest absolute Gasteiger partial charge is 0.453 e. The Morgan fingerprint density at radius 2 is 2.25 bits per heavy atom. The van der Waals surface area contributed by atoms with Gasteiger partial charge in [0.05, 0.1) is 24.2 Å². The number of anilines is 1. The van der Waals surface area contributed by atoms with Crippen LogP contribution in [0.3, 0.4) is 0 Å². The Labute approximate surface area is 166 Å². The summed E-state index contributed by atoms with van der Waals surface area (Å²) < 4.78 is 4.60. The first-order chi connectivity index (χ1) is 13.7. The van der Waals surface area contributed by atoms with E-state index in [2.05, 4.69) is 35.5 Å². The molecule has 1 amide bonds. The fourth-order valence-electron chi connectivity index (χ4n) is 2.99. The van der Waals surface area contributed by atoms with Gasteiger partial charge in [0.2, 0.25) is 0 Å². The first-order valence-corrected chi connectivity index (χ1v) is 9.79. The molecule has 1 aliphatic heterocycles. The van der Waals surface area contributed by atoms with Crippen LogP contribution < -0.4 is 15.5 Å². The fourth-order valence-corrected chi connectivity index (χ4v) is 4.03. The van der Waals surface area contributed by atoms with Crippen LogP contribution in [0.5, 0.6) is 0 Å². The maximum Gasteiger partial charge on any atom is 0.407 e. The molecular formula is C18H21N7O2S. The zero-order valence-corrected chi connectivity index (χ0v) is 16.3. The maximum absolute atomic E-state index is 11.3. The third-order valence-electron chi connectivity index (χ3n) is 4.41. The maximum atomic E-state index is 11.3. The van der Waals surface area contributed by atoms with E-state index in [1.54, 1.807) is 17.5 Å². The predicted molar refractivity (Wildman–Crippen MR) is 107 cm³/mol. The Kier molecular flexibility index (Phi) is 5.49. The first-order valence-electron chi connectivity index (χ1n) is 8.98. The number of methoxy groups -OCH3 is 1. The van der Waals surface area contributed by atoms with Crippen molar-refractivity contribution in [1.82, 2.24) is 30.8 Å². The van der Waals surface area contributed by atoms with Crippen molar-refractivity contribution >= 4 is 23.2 Å². The summed E-state index contributed by atoms with van der Waals surface area (Å²) in [6.45, 7) is 3.95. The summed E-state index contributed by atoms with van der Waals surface area (Å²) in [6, 6.07) is 5.85. The molecule has 4 heterocycles. The molecule has 0 saturated carbocycles. The Morgan fingerprint density at radius 3 is 3.00 bits per heavy atom. The van der Waals surface area contributed by atoms with Crippen molar-refractivity contribution in [3.05, 3.63) is 36.3 Å². The van der Waals surface area contributed by atoms with Gasteiger partial charge in [0.15, 0.2) is 0 Å². The number of carbonyl (C=O) groups excluding carboxylic acids is 1. The smallest absolute Gasteiger partial charge is 0.407 e. The molecule has 1 aliphatic rings. The molecule has 4 rings (SSSR count). The Morgan fingerprint density at radius 1 is 1.39 bits per heavy atom. The molecule has 3 aromatic rings. The highest BCUT2D eigenvalue weighted by Gasteiger charge is 2.23. The number of aromatic nitrogens is 4. The number of hydrogen-bond donors (Lipinski definition) is 3. The number of carbonyl (C=O) groups is 1. The summed E-state index contributed by atoms with van der Waals surface area (Å²) in [7, 11) is 1.34. The van der Waals surface area contributed by atoms with Gasteiger partial charge in [-0.25, -0.2) is 9.78 Å². The van der Waals surface area contributed by atoms with Crippen molar-refractivity contribution in [2.45, 2.75) is 6.54 Å². The van der Waals surface area contributed by atoms with Gasteiger partial charge in [-0.3, -0.25) is 10.1 Å². The van der Waals surface area contributed by atoms with E-state index in [0.717, 1.165) is 58.8 Å². The lowest BCUT2D eigenvalue weighted by molar-refractivity contribution is 0.170. The zero-order valence-electron chi connectivity index (χ0n) is 15.4. The van der Waals surface area contributed by atoms with Gasteiger partial charge in [-0.2, -0.15) is 5.10 Å². The minimum atomic E-state index is -0.477. The topological polar surface area (TPSA) is 108 Å². The van der Waals surface area contributed by atoms with Gasteiger partial charge >= 0.3 is 6.09 Å². The molecule has 0 aliphatic carbocycles. The average Bonchev–Trinajstić information content (AvgIpc) is 3.40. The van der Waals surface area contributed by atoms with Gasteiger partial charge < -0.3 is 20.3 Å². The molecule has 146 valence electrons. The number of alkyl carbamates (subject to hydrolysis) is 1. The lowest BCUT2D eigenvalue weighted by Crippen LogP contribution is -2.43. The molecule has 0 unspecified atom stereocenters. The Balaban J connectivity index is 1.66. The van der Waals surface area contributed by atoms with Crippen molar-refractivity contribution < 1.29 is 9.53 Å². The highest BCUT2D eigenvalue weighted by atomic mass is 32.1. The van der Waals surface area contributed by atoms with Crippen LogP contribution in [0.1, 0.15) is 5.69 Å². The number of aromatic amines is 1. The number of ether oxygens (including phenoxy) is 1. The van der Waals surface area contributed by atoms with Crippen LogP contribution in [0.4, 0.5) is 10.6 Å². The van der Waals surface area contributed by atoms with E-state index in [-0.39, 0.29) is 0 Å². The molecular weight excluding hydrogens is 378 g/mol. The molecule has 0 radical (unpaired) electrons. The minimum Gasteiger partial charge on any atom is -0.453 e. The Hall–Kier alpha value is -2.98. The van der Waals surface area contributed by atoms with Crippen LogP contribution in [-0.4, -0.2) is 59.5 Å². The quantitative estimate of drug-likeness (QED) is 0.601. The third-order valence-corrected chi connectivity index (χ3v) is 5.52. The molecule has 0 atom stereocenters. The lowest BCUT2D eigenvalue weighted by atomic mass is 10.2. The number of amides is 1. The summed E-state index contributed by atoms with van der Waals surface area (Å²) in [5.41, 5.74) is 2.59. The zero-order chi connectivity index (χ0) is 19.3. The van der Waals surface area contributed by atoms with Gasteiger partial charge in [0.25, 0.3) is 0 Å². The SMILES string of the molecule is COC(=O)NCc1cc(-c2sc(-c3cccnc3)nc2N2CCNCC2)n[nH]1. The van der Waals surface area contributed by atoms with E-state index in [9.17, 15) is 4.79 Å². The number of rotatable bonds is 5. The highest BCUT2D eigenvalue weighted by molar-refractivity contribution is 7.19. The molecule has 0 spiro atoms. The molecule has 9 nitrogen and oxygen atoms in total. The number of piperazine rings is 1. The number of nitrogens with zero attached hydrogens (tertiary/aromatic N) is 4. The Bertz CT molecular complexity index is 935. The van der Waals surface area contributed by atoms with Crippen molar-refractivity contribution in [2.24, 2.45) is 0 Å². The summed E-state index contributed by atoms with van der Waals surface area (Å²) in [6.07, 6.45) is 3.10. The van der Waals surface area contributed by atoms with E-state index < -0.39 is 6.09 Å². The van der Waals surface area contributed by atoms with E-state index in [0.29, 0.717) is 6.54 Å². The first kappa shape index (κ1) is 18.4. The molecule has 0 aromatic carbocycles. The van der Waals surface area contributed by atoms with Crippen LogP contribution in [-0.2, 0) is 11.3 Å². The summed E-state index contributed by atoms with van der Waals surface area (Å²) in [4.78, 5) is 23.7. The lowest BCUT2D eigenvalue weighted by Gasteiger charge is -2.28. The van der Waals surface area contributed by atoms with Crippen LogP contribution in [0.2, 0.25) is 0 Å². The second kappa shape index (κ2) is 8.36. The summed E-state index contributed by atoms with van der Waals surface area (Å²) in [5.74, 6) is 0.935. The molecule has 1 fully saturated rings. The van der Waals surface area contributed by atoms with Gasteiger partial charge in [-0.1, -0.05) is 0 Å². The van der Waals surface area contributed by atoms with Crippen molar-refractivity contribution in [3.63, 3.8) is 0 Å². The normalized spacial score (nSPS) is 14.1. The van der Waals surface area contributed by atoms with Crippen LogP contribution in [0.25, 0.3) is 21.1 Å². The number of H-pyrrole nitrogens is 1. The van der Waals surface area contributed by atoms with E-state index in [4.69, 9.17) is 4.98 Å². The highest BCUT2D eigenvalue weighted by Crippen LogP contribution is 2.39. The van der Waals surface area contributed by atoms with Crippen LogP contribution in [0, 0.1) is 0 Å². The number of thiazole rings is 1. The van der Waals surface area contributed by atoms with Crippen LogP contribution >= 0.6 is 11.3 Å². The average molecular weight is 399 g/mol. The molecule has 0 bridgehead atoms. The van der Waals surface area contributed by atoms with Crippen molar-refractivity contribution in [2.75, 3.05) is 38.2 Å². The van der Waals surface area contributed by atoms with E-state index >= 15 is 0 Å². The van der Waals surface area contributed by atoms with Crippen molar-refractivity contribution in [3.8, 4) is 21.1 Å². The second-order valence-electron chi connectivity index (χ2n) is 6.27. The van der Waals surface area contributed by atoms with Crippen molar-refractivity contribution in [1.29, 1.82) is 0 Å². The fraction of sp³-hybridized carbons (Fsp3) is 0.333. The van der Waals surface area contributed by atoms with E-state index in [1.807, 2.05) is 24.4 Å². The molecule has 10 heteroatoms. The van der Waals surface area contributed by atoms with Crippen LogP contribution in [0.15, 0.2) is 30.6 Å². The predicted octanol–water partition coefficient (Wildman–Crippen LogP) is 1.86.